The first-order valence-electron chi connectivity index (χ1n) is 6.19. The number of carbonyl (C=O) groups excluding carboxylic acids is 2. The van der Waals surface area contributed by atoms with Crippen LogP contribution >= 0.6 is 0 Å². The summed E-state index contributed by atoms with van der Waals surface area (Å²) in [7, 11) is 0. The molecule has 0 atom stereocenters. The summed E-state index contributed by atoms with van der Waals surface area (Å²) in [4.78, 5) is 22.8. The van der Waals surface area contributed by atoms with Gasteiger partial charge in [-0.25, -0.2) is 9.59 Å². The average Bonchev–Trinajstić information content (AvgIpc) is 2.30. The van der Waals surface area contributed by atoms with E-state index in [1.165, 1.54) is 12.5 Å². The molecular formula is C13H20O4. The van der Waals surface area contributed by atoms with E-state index in [-0.39, 0.29) is 6.10 Å². The summed E-state index contributed by atoms with van der Waals surface area (Å²) in [5, 5.41) is 0. The van der Waals surface area contributed by atoms with Crippen molar-refractivity contribution in [3.8, 4) is 0 Å². The fourth-order valence-electron chi connectivity index (χ4n) is 1.85. The molecule has 1 aliphatic carbocycles. The maximum atomic E-state index is 11.7. The van der Waals surface area contributed by atoms with E-state index in [0.717, 1.165) is 25.7 Å². The van der Waals surface area contributed by atoms with Crippen molar-refractivity contribution in [2.75, 3.05) is 6.61 Å². The van der Waals surface area contributed by atoms with Gasteiger partial charge in [0.1, 0.15) is 6.10 Å². The summed E-state index contributed by atoms with van der Waals surface area (Å²) in [5.41, 5.74) is 0.300. The van der Waals surface area contributed by atoms with Crippen LogP contribution in [0, 0.1) is 0 Å². The Kier molecular flexibility index (Phi) is 5.73. The van der Waals surface area contributed by atoms with Crippen LogP contribution in [0.15, 0.2) is 11.6 Å². The minimum Gasteiger partial charge on any atom is -0.463 e. The van der Waals surface area contributed by atoms with Crippen LogP contribution in [0.3, 0.4) is 0 Å². The van der Waals surface area contributed by atoms with E-state index >= 15 is 0 Å². The van der Waals surface area contributed by atoms with Gasteiger partial charge >= 0.3 is 11.9 Å². The van der Waals surface area contributed by atoms with Crippen molar-refractivity contribution in [3.63, 3.8) is 0 Å². The molecule has 1 fully saturated rings. The highest BCUT2D eigenvalue weighted by Gasteiger charge is 2.18. The van der Waals surface area contributed by atoms with Gasteiger partial charge in [0, 0.05) is 11.6 Å². The molecule has 0 bridgehead atoms. The molecule has 0 radical (unpaired) electrons. The first-order chi connectivity index (χ1) is 8.13. The number of rotatable bonds is 4. The van der Waals surface area contributed by atoms with Crippen LogP contribution in [0.4, 0.5) is 0 Å². The van der Waals surface area contributed by atoms with Crippen molar-refractivity contribution in [3.05, 3.63) is 11.6 Å². The topological polar surface area (TPSA) is 52.6 Å². The van der Waals surface area contributed by atoms with Crippen molar-refractivity contribution in [2.45, 2.75) is 52.1 Å². The monoisotopic (exact) mass is 240 g/mol. The van der Waals surface area contributed by atoms with E-state index < -0.39 is 11.9 Å². The van der Waals surface area contributed by atoms with Crippen molar-refractivity contribution >= 4 is 11.9 Å². The summed E-state index contributed by atoms with van der Waals surface area (Å²) in [6.07, 6.45) is 6.50. The molecule has 0 unspecified atom stereocenters. The molecule has 0 heterocycles. The molecule has 17 heavy (non-hydrogen) atoms. The largest absolute Gasteiger partial charge is 0.463 e. The Morgan fingerprint density at radius 1 is 1.24 bits per heavy atom. The van der Waals surface area contributed by atoms with Crippen molar-refractivity contribution in [1.82, 2.24) is 0 Å². The summed E-state index contributed by atoms with van der Waals surface area (Å²) in [6.45, 7) is 3.60. The van der Waals surface area contributed by atoms with Gasteiger partial charge in [-0.2, -0.15) is 0 Å². The van der Waals surface area contributed by atoms with Gasteiger partial charge in [-0.05, 0) is 39.5 Å². The van der Waals surface area contributed by atoms with Crippen LogP contribution < -0.4 is 0 Å². The van der Waals surface area contributed by atoms with Crippen LogP contribution in [-0.4, -0.2) is 24.6 Å². The van der Waals surface area contributed by atoms with Crippen molar-refractivity contribution < 1.29 is 19.1 Å². The number of ether oxygens (including phenoxy) is 2. The zero-order valence-corrected chi connectivity index (χ0v) is 10.5. The lowest BCUT2D eigenvalue weighted by molar-refractivity contribution is -0.146. The molecule has 1 aliphatic rings. The van der Waals surface area contributed by atoms with Crippen LogP contribution in [0.25, 0.3) is 0 Å². The minimum atomic E-state index is -0.495. The van der Waals surface area contributed by atoms with Gasteiger partial charge in [-0.3, -0.25) is 0 Å². The molecule has 0 aromatic rings. The Morgan fingerprint density at radius 2 is 1.88 bits per heavy atom. The fourth-order valence-corrected chi connectivity index (χ4v) is 1.85. The second-order valence-corrected chi connectivity index (χ2v) is 4.24. The van der Waals surface area contributed by atoms with E-state index in [9.17, 15) is 9.59 Å². The highest BCUT2D eigenvalue weighted by Crippen LogP contribution is 2.21. The van der Waals surface area contributed by atoms with E-state index in [0.29, 0.717) is 12.2 Å². The van der Waals surface area contributed by atoms with Gasteiger partial charge in [-0.15, -0.1) is 0 Å². The first-order valence-corrected chi connectivity index (χ1v) is 6.19. The van der Waals surface area contributed by atoms with E-state index in [2.05, 4.69) is 0 Å². The maximum Gasteiger partial charge on any atom is 0.334 e. The molecule has 0 amide bonds. The highest BCUT2D eigenvalue weighted by atomic mass is 16.5. The zero-order valence-electron chi connectivity index (χ0n) is 10.5. The molecule has 1 rings (SSSR count). The third kappa shape index (κ3) is 5.02. The van der Waals surface area contributed by atoms with Crippen LogP contribution in [-0.2, 0) is 19.1 Å². The Morgan fingerprint density at radius 3 is 2.47 bits per heavy atom. The van der Waals surface area contributed by atoms with Gasteiger partial charge in [0.15, 0.2) is 0 Å². The van der Waals surface area contributed by atoms with Crippen LogP contribution in [0.5, 0.6) is 0 Å². The maximum absolute atomic E-state index is 11.7. The Labute approximate surface area is 102 Å². The minimum absolute atomic E-state index is 0.0156. The molecular weight excluding hydrogens is 220 g/mol. The Balaban J connectivity index is 2.42. The normalized spacial score (nSPS) is 17.6. The SMILES string of the molecule is CCOC(=O)/C=C(/C)C(=O)OC1CCCCC1. The molecule has 1 saturated carbocycles. The summed E-state index contributed by atoms with van der Waals surface area (Å²) < 4.78 is 10.0. The second kappa shape index (κ2) is 7.09. The molecule has 0 spiro atoms. The predicted octanol–water partition coefficient (Wildman–Crippen LogP) is 2.37. The van der Waals surface area contributed by atoms with Gasteiger partial charge < -0.3 is 9.47 Å². The van der Waals surface area contributed by atoms with E-state index in [4.69, 9.17) is 9.47 Å². The van der Waals surface area contributed by atoms with E-state index in [1.807, 2.05) is 0 Å². The summed E-state index contributed by atoms with van der Waals surface area (Å²) in [6, 6.07) is 0. The predicted molar refractivity (Wildman–Crippen MR) is 63.4 cm³/mol. The highest BCUT2D eigenvalue weighted by molar-refractivity contribution is 5.95. The third-order valence-corrected chi connectivity index (χ3v) is 2.77. The summed E-state index contributed by atoms with van der Waals surface area (Å²) in [5.74, 6) is -0.907. The number of carbonyl (C=O) groups is 2. The van der Waals surface area contributed by atoms with Crippen molar-refractivity contribution in [1.29, 1.82) is 0 Å². The fraction of sp³-hybridized carbons (Fsp3) is 0.692. The summed E-state index contributed by atoms with van der Waals surface area (Å²) >= 11 is 0. The van der Waals surface area contributed by atoms with Gasteiger partial charge in [-0.1, -0.05) is 6.42 Å². The number of esters is 2. The first kappa shape index (κ1) is 13.7. The van der Waals surface area contributed by atoms with Crippen molar-refractivity contribution in [2.24, 2.45) is 0 Å². The molecule has 4 nitrogen and oxygen atoms in total. The number of hydrogen-bond acceptors (Lipinski definition) is 4. The van der Waals surface area contributed by atoms with Gasteiger partial charge in [0.05, 0.1) is 6.61 Å². The zero-order chi connectivity index (χ0) is 12.7. The Hall–Kier alpha value is -1.32. The second-order valence-electron chi connectivity index (χ2n) is 4.24. The van der Waals surface area contributed by atoms with Crippen LogP contribution in [0.2, 0.25) is 0 Å². The van der Waals surface area contributed by atoms with Gasteiger partial charge in [0.2, 0.25) is 0 Å². The lowest BCUT2D eigenvalue weighted by Crippen LogP contribution is -2.21. The van der Waals surface area contributed by atoms with Crippen LogP contribution in [0.1, 0.15) is 46.0 Å². The van der Waals surface area contributed by atoms with E-state index in [1.54, 1.807) is 13.8 Å². The Bertz CT molecular complexity index is 301. The lowest BCUT2D eigenvalue weighted by atomic mass is 9.98. The molecule has 96 valence electrons. The standard InChI is InChI=1S/C13H20O4/c1-3-16-12(14)9-10(2)13(15)17-11-7-5-4-6-8-11/h9,11H,3-8H2,1-2H3/b10-9-. The lowest BCUT2D eigenvalue weighted by Gasteiger charge is -2.21. The molecule has 4 heteroatoms. The molecule has 0 N–H and O–H groups in total. The van der Waals surface area contributed by atoms with Gasteiger partial charge in [0.25, 0.3) is 0 Å². The number of hydrogen-bond donors (Lipinski definition) is 0. The molecule has 0 aromatic heterocycles. The molecule has 0 aromatic carbocycles. The third-order valence-electron chi connectivity index (χ3n) is 2.77. The molecule has 0 saturated heterocycles. The quantitative estimate of drug-likeness (QED) is 0.559. The smallest absolute Gasteiger partial charge is 0.334 e. The average molecular weight is 240 g/mol. The molecule has 0 aliphatic heterocycles.